The van der Waals surface area contributed by atoms with Crippen LogP contribution in [0.2, 0.25) is 0 Å². The van der Waals surface area contributed by atoms with E-state index >= 15 is 0 Å². The average molecular weight is 394 g/mol. The molecule has 0 amide bonds. The molecule has 0 saturated heterocycles. The van der Waals surface area contributed by atoms with E-state index in [0.717, 1.165) is 6.07 Å². The lowest BCUT2D eigenvalue weighted by Gasteiger charge is -2.13. The van der Waals surface area contributed by atoms with Crippen LogP contribution in [-0.4, -0.2) is 44.5 Å². The molecule has 0 aliphatic heterocycles. The Hall–Kier alpha value is -3.63. The molecule has 11 heteroatoms. The second kappa shape index (κ2) is 7.55. The van der Waals surface area contributed by atoms with E-state index < -0.39 is 12.3 Å². The Morgan fingerprint density at radius 2 is 2.04 bits per heavy atom. The summed E-state index contributed by atoms with van der Waals surface area (Å²) in [7, 11) is 1.40. The summed E-state index contributed by atoms with van der Waals surface area (Å²) in [6.45, 7) is 0. The van der Waals surface area contributed by atoms with Crippen molar-refractivity contribution in [1.82, 2.24) is 20.0 Å². The SMILES string of the molecule is COc1ccc(OC(F)(F)F)cc1Cc1cc(-n2cc(C(=O)O)nn2)ccn1. The van der Waals surface area contributed by atoms with Crippen molar-refractivity contribution in [2.45, 2.75) is 12.8 Å². The Kier molecular flexibility index (Phi) is 5.16. The fourth-order valence-corrected chi connectivity index (χ4v) is 2.48. The summed E-state index contributed by atoms with van der Waals surface area (Å²) in [4.78, 5) is 15.1. The van der Waals surface area contributed by atoms with E-state index in [0.29, 0.717) is 22.7 Å². The molecule has 2 heterocycles. The van der Waals surface area contributed by atoms with Gasteiger partial charge in [-0.25, -0.2) is 9.48 Å². The number of carbonyl (C=O) groups is 1. The van der Waals surface area contributed by atoms with Crippen molar-refractivity contribution in [1.29, 1.82) is 0 Å². The van der Waals surface area contributed by atoms with Crippen LogP contribution in [0.3, 0.4) is 0 Å². The molecule has 0 unspecified atom stereocenters. The van der Waals surface area contributed by atoms with Gasteiger partial charge in [0.15, 0.2) is 5.69 Å². The summed E-state index contributed by atoms with van der Waals surface area (Å²) < 4.78 is 47.8. The predicted molar refractivity (Wildman–Crippen MR) is 88.6 cm³/mol. The van der Waals surface area contributed by atoms with Crippen LogP contribution in [0, 0.1) is 0 Å². The number of rotatable bonds is 6. The third-order valence-electron chi connectivity index (χ3n) is 3.63. The molecule has 0 saturated carbocycles. The Morgan fingerprint density at radius 1 is 1.25 bits per heavy atom. The number of ether oxygens (including phenoxy) is 2. The van der Waals surface area contributed by atoms with E-state index in [1.165, 1.54) is 36.3 Å². The maximum Gasteiger partial charge on any atom is 0.573 e. The van der Waals surface area contributed by atoms with Gasteiger partial charge in [0.1, 0.15) is 11.5 Å². The summed E-state index contributed by atoms with van der Waals surface area (Å²) >= 11 is 0. The molecule has 0 atom stereocenters. The number of carboxylic acids is 1. The summed E-state index contributed by atoms with van der Waals surface area (Å²) in [5, 5.41) is 16.2. The molecule has 0 fully saturated rings. The lowest BCUT2D eigenvalue weighted by Crippen LogP contribution is -2.17. The summed E-state index contributed by atoms with van der Waals surface area (Å²) in [5.74, 6) is -1.22. The smallest absolute Gasteiger partial charge is 0.496 e. The number of hydrogen-bond acceptors (Lipinski definition) is 6. The highest BCUT2D eigenvalue weighted by molar-refractivity contribution is 5.84. The van der Waals surface area contributed by atoms with Crippen LogP contribution in [0.15, 0.2) is 42.7 Å². The molecule has 28 heavy (non-hydrogen) atoms. The van der Waals surface area contributed by atoms with Gasteiger partial charge >= 0.3 is 12.3 Å². The van der Waals surface area contributed by atoms with Gasteiger partial charge in [0.05, 0.1) is 19.0 Å². The molecule has 0 radical (unpaired) electrons. The van der Waals surface area contributed by atoms with Crippen molar-refractivity contribution < 1.29 is 32.5 Å². The molecule has 8 nitrogen and oxygen atoms in total. The zero-order valence-electron chi connectivity index (χ0n) is 14.3. The van der Waals surface area contributed by atoms with Crippen LogP contribution < -0.4 is 9.47 Å². The van der Waals surface area contributed by atoms with Crippen LogP contribution in [0.5, 0.6) is 11.5 Å². The maximum atomic E-state index is 12.5. The first-order chi connectivity index (χ1) is 13.2. The number of methoxy groups -OCH3 is 1. The standard InChI is InChI=1S/C17H13F3N4O4/c1-27-15-3-2-13(28-17(18,19)20)7-10(15)6-11-8-12(4-5-21-11)24-9-14(16(25)26)22-23-24/h2-5,7-9H,6H2,1H3,(H,25,26). The molecule has 2 aromatic heterocycles. The summed E-state index contributed by atoms with van der Waals surface area (Å²) in [6, 6.07) is 6.94. The van der Waals surface area contributed by atoms with Crippen LogP contribution >= 0.6 is 0 Å². The molecule has 0 aliphatic rings. The van der Waals surface area contributed by atoms with Crippen LogP contribution in [-0.2, 0) is 6.42 Å². The second-order valence-electron chi connectivity index (χ2n) is 5.56. The van der Waals surface area contributed by atoms with Crippen molar-refractivity contribution in [3.05, 3.63) is 59.7 Å². The largest absolute Gasteiger partial charge is 0.573 e. The van der Waals surface area contributed by atoms with Crippen LogP contribution in [0.25, 0.3) is 5.69 Å². The normalized spacial score (nSPS) is 11.3. The molecule has 146 valence electrons. The molecule has 1 N–H and O–H groups in total. The number of pyridine rings is 1. The van der Waals surface area contributed by atoms with E-state index in [2.05, 4.69) is 20.0 Å². The van der Waals surface area contributed by atoms with Crippen LogP contribution in [0.4, 0.5) is 13.2 Å². The molecule has 0 spiro atoms. The maximum absolute atomic E-state index is 12.5. The topological polar surface area (TPSA) is 99.4 Å². The van der Waals surface area contributed by atoms with Gasteiger partial charge < -0.3 is 14.6 Å². The third-order valence-corrected chi connectivity index (χ3v) is 3.63. The van der Waals surface area contributed by atoms with E-state index in [1.807, 2.05) is 0 Å². The minimum Gasteiger partial charge on any atom is -0.496 e. The highest BCUT2D eigenvalue weighted by Gasteiger charge is 2.31. The van der Waals surface area contributed by atoms with Crippen molar-refractivity contribution >= 4 is 5.97 Å². The van der Waals surface area contributed by atoms with Crippen LogP contribution in [0.1, 0.15) is 21.7 Å². The van der Waals surface area contributed by atoms with Crippen molar-refractivity contribution in [2.75, 3.05) is 7.11 Å². The number of hydrogen-bond donors (Lipinski definition) is 1. The molecular weight excluding hydrogens is 381 g/mol. The van der Waals surface area contributed by atoms with Gasteiger partial charge in [-0.2, -0.15) is 0 Å². The Morgan fingerprint density at radius 3 is 2.68 bits per heavy atom. The Labute approximate surface area is 156 Å². The second-order valence-corrected chi connectivity index (χ2v) is 5.56. The summed E-state index contributed by atoms with van der Waals surface area (Å²) in [6.07, 6.45) is -1.96. The first-order valence-corrected chi connectivity index (χ1v) is 7.79. The monoisotopic (exact) mass is 394 g/mol. The molecule has 0 aliphatic carbocycles. The molecular formula is C17H13F3N4O4. The number of carboxylic acid groups (broad SMARTS) is 1. The van der Waals surface area contributed by atoms with Gasteiger partial charge in [-0.15, -0.1) is 18.3 Å². The van der Waals surface area contributed by atoms with Gasteiger partial charge in [0, 0.05) is 23.9 Å². The number of nitrogens with zero attached hydrogens (tertiary/aromatic N) is 4. The highest BCUT2D eigenvalue weighted by atomic mass is 19.4. The van der Waals surface area contributed by atoms with E-state index in [4.69, 9.17) is 9.84 Å². The number of alkyl halides is 3. The first kappa shape index (κ1) is 19.1. The molecule has 3 rings (SSSR count). The van der Waals surface area contributed by atoms with E-state index in [9.17, 15) is 18.0 Å². The number of aromatic carboxylic acids is 1. The fraction of sp³-hybridized carbons (Fsp3) is 0.176. The minimum atomic E-state index is -4.81. The fourth-order valence-electron chi connectivity index (χ4n) is 2.48. The van der Waals surface area contributed by atoms with Crippen molar-refractivity contribution in [3.8, 4) is 17.2 Å². The molecule has 3 aromatic rings. The lowest BCUT2D eigenvalue weighted by atomic mass is 10.1. The zero-order chi connectivity index (χ0) is 20.3. The van der Waals surface area contributed by atoms with Crippen molar-refractivity contribution in [2.24, 2.45) is 0 Å². The van der Waals surface area contributed by atoms with Gasteiger partial charge in [0.25, 0.3) is 0 Å². The average Bonchev–Trinajstić information content (AvgIpc) is 3.11. The van der Waals surface area contributed by atoms with E-state index in [-0.39, 0.29) is 17.9 Å². The van der Waals surface area contributed by atoms with Gasteiger partial charge in [0.2, 0.25) is 0 Å². The number of halogens is 3. The van der Waals surface area contributed by atoms with Gasteiger partial charge in [-0.3, -0.25) is 4.98 Å². The number of benzene rings is 1. The highest BCUT2D eigenvalue weighted by Crippen LogP contribution is 2.29. The van der Waals surface area contributed by atoms with Crippen molar-refractivity contribution in [3.63, 3.8) is 0 Å². The van der Waals surface area contributed by atoms with Gasteiger partial charge in [-0.05, 0) is 30.3 Å². The number of aromatic nitrogens is 4. The Balaban J connectivity index is 1.88. The zero-order valence-corrected chi connectivity index (χ0v) is 14.3. The summed E-state index contributed by atoms with van der Waals surface area (Å²) in [5.41, 5.74) is 1.19. The molecule has 0 bridgehead atoms. The van der Waals surface area contributed by atoms with E-state index in [1.54, 1.807) is 12.1 Å². The Bertz CT molecular complexity index is 1000. The minimum absolute atomic E-state index is 0.145. The first-order valence-electron chi connectivity index (χ1n) is 7.79. The lowest BCUT2D eigenvalue weighted by molar-refractivity contribution is -0.274. The van der Waals surface area contributed by atoms with Gasteiger partial charge in [-0.1, -0.05) is 5.21 Å². The predicted octanol–water partition coefficient (Wildman–Crippen LogP) is 2.86. The quantitative estimate of drug-likeness (QED) is 0.686. The third kappa shape index (κ3) is 4.55. The molecule has 1 aromatic carbocycles.